The summed E-state index contributed by atoms with van der Waals surface area (Å²) in [4.78, 5) is 10.5. The molecule has 0 saturated carbocycles. The fourth-order valence-electron chi connectivity index (χ4n) is 3.90. The Labute approximate surface area is 196 Å². The van der Waals surface area contributed by atoms with Crippen LogP contribution in [0.5, 0.6) is 0 Å². The highest BCUT2D eigenvalue weighted by Crippen LogP contribution is 2.32. The summed E-state index contributed by atoms with van der Waals surface area (Å²) in [5.74, 6) is 13.1. The molecule has 0 aliphatic heterocycles. The Balaban J connectivity index is 1.70. The number of hydrogen-bond donors (Lipinski definition) is 1. The van der Waals surface area contributed by atoms with Gasteiger partial charge in [0.15, 0.2) is 0 Å². The lowest BCUT2D eigenvalue weighted by molar-refractivity contribution is -0.384. The van der Waals surface area contributed by atoms with E-state index in [2.05, 4.69) is 47.9 Å². The van der Waals surface area contributed by atoms with Crippen molar-refractivity contribution in [2.45, 2.75) is 0 Å². The van der Waals surface area contributed by atoms with Crippen LogP contribution in [0.3, 0.4) is 0 Å². The van der Waals surface area contributed by atoms with Crippen molar-refractivity contribution in [3.05, 3.63) is 129 Å². The maximum Gasteiger partial charge on any atom is 0.269 e. The van der Waals surface area contributed by atoms with Gasteiger partial charge in [0, 0.05) is 40.1 Å². The van der Waals surface area contributed by atoms with Gasteiger partial charge in [-0.2, -0.15) is 0 Å². The molecule has 5 aromatic carbocycles. The molecule has 2 N–H and O–H groups in total. The molecule has 0 aliphatic carbocycles. The number of anilines is 1. The predicted molar refractivity (Wildman–Crippen MR) is 137 cm³/mol. The quantitative estimate of drug-likeness (QED) is 0.110. The molecule has 4 nitrogen and oxygen atoms in total. The molecule has 0 aromatic heterocycles. The van der Waals surface area contributed by atoms with E-state index in [9.17, 15) is 10.1 Å². The molecule has 0 spiro atoms. The molecule has 34 heavy (non-hydrogen) atoms. The predicted octanol–water partition coefficient (Wildman–Crippen LogP) is 6.28. The van der Waals surface area contributed by atoms with Crippen LogP contribution in [-0.2, 0) is 0 Å². The Morgan fingerprint density at radius 3 is 1.32 bits per heavy atom. The number of hydrogen-bond acceptors (Lipinski definition) is 3. The van der Waals surface area contributed by atoms with Crippen molar-refractivity contribution in [3.63, 3.8) is 0 Å². The van der Waals surface area contributed by atoms with E-state index in [-0.39, 0.29) is 5.69 Å². The molecule has 0 aliphatic rings. The van der Waals surface area contributed by atoms with E-state index in [0.29, 0.717) is 11.3 Å². The van der Waals surface area contributed by atoms with E-state index < -0.39 is 4.92 Å². The van der Waals surface area contributed by atoms with Crippen molar-refractivity contribution < 1.29 is 4.92 Å². The fourth-order valence-corrected chi connectivity index (χ4v) is 3.90. The zero-order chi connectivity index (χ0) is 23.5. The van der Waals surface area contributed by atoms with E-state index in [0.717, 1.165) is 38.2 Å². The molecule has 0 radical (unpaired) electrons. The van der Waals surface area contributed by atoms with Crippen LogP contribution in [0.15, 0.2) is 97.1 Å². The first-order valence-corrected chi connectivity index (χ1v) is 10.7. The fraction of sp³-hybridized carbons (Fsp3) is 0. The smallest absolute Gasteiger partial charge is 0.269 e. The zero-order valence-electron chi connectivity index (χ0n) is 18.1. The summed E-state index contributed by atoms with van der Waals surface area (Å²) in [6, 6.07) is 30.0. The monoisotopic (exact) mass is 438 g/mol. The molecule has 0 heterocycles. The first-order valence-electron chi connectivity index (χ1n) is 10.7. The van der Waals surface area contributed by atoms with Crippen molar-refractivity contribution in [3.8, 4) is 23.7 Å². The highest BCUT2D eigenvalue weighted by Gasteiger charge is 2.11. The number of nitro groups is 1. The normalized spacial score (nSPS) is 10.2. The topological polar surface area (TPSA) is 69.2 Å². The summed E-state index contributed by atoms with van der Waals surface area (Å²) in [5, 5.41) is 15.0. The second kappa shape index (κ2) is 8.82. The Kier molecular flexibility index (Phi) is 5.40. The molecule has 0 unspecified atom stereocenters. The second-order valence-electron chi connectivity index (χ2n) is 7.77. The number of nitro benzene ring substituents is 1. The van der Waals surface area contributed by atoms with Gasteiger partial charge in [-0.3, -0.25) is 10.1 Å². The van der Waals surface area contributed by atoms with Gasteiger partial charge in [-0.15, -0.1) is 0 Å². The molecule has 0 bridgehead atoms. The largest absolute Gasteiger partial charge is 0.399 e. The first-order chi connectivity index (χ1) is 16.6. The number of nitrogens with zero attached hydrogens (tertiary/aromatic N) is 1. The number of nitrogens with two attached hydrogens (primary N) is 1. The van der Waals surface area contributed by atoms with Crippen LogP contribution >= 0.6 is 0 Å². The van der Waals surface area contributed by atoms with Gasteiger partial charge >= 0.3 is 0 Å². The Hall–Kier alpha value is -5.06. The van der Waals surface area contributed by atoms with Crippen LogP contribution in [0.1, 0.15) is 22.3 Å². The van der Waals surface area contributed by atoms with Crippen LogP contribution in [0.25, 0.3) is 21.5 Å². The molecule has 4 heteroatoms. The minimum atomic E-state index is -0.414. The summed E-state index contributed by atoms with van der Waals surface area (Å²) in [6.45, 7) is 0. The van der Waals surface area contributed by atoms with E-state index >= 15 is 0 Å². The lowest BCUT2D eigenvalue weighted by Crippen LogP contribution is -1.91. The van der Waals surface area contributed by atoms with Crippen LogP contribution in [0, 0.1) is 33.8 Å². The van der Waals surface area contributed by atoms with Gasteiger partial charge in [-0.25, -0.2) is 0 Å². The molecule has 5 aromatic rings. The average molecular weight is 438 g/mol. The molecule has 0 amide bonds. The van der Waals surface area contributed by atoms with Crippen molar-refractivity contribution in [2.24, 2.45) is 0 Å². The van der Waals surface area contributed by atoms with Crippen LogP contribution in [0.2, 0.25) is 0 Å². The standard InChI is InChI=1S/C30H18N2O2/c31-23-15-9-21(10-16-23)13-19-29-25-5-1-3-7-27(25)30(28-8-4-2-6-26(28)29)20-14-22-11-17-24(18-12-22)32(33)34/h1-12,15-18H,31H2. The molecule has 5 rings (SSSR count). The molecule has 0 fully saturated rings. The van der Waals surface area contributed by atoms with Gasteiger partial charge in [0.2, 0.25) is 0 Å². The first kappa shape index (κ1) is 20.8. The third-order valence-electron chi connectivity index (χ3n) is 5.58. The van der Waals surface area contributed by atoms with Crippen molar-refractivity contribution in [2.75, 3.05) is 5.73 Å². The number of benzene rings is 5. The van der Waals surface area contributed by atoms with E-state index in [1.54, 1.807) is 12.1 Å². The minimum absolute atomic E-state index is 0.0467. The lowest BCUT2D eigenvalue weighted by Gasteiger charge is -2.10. The maximum absolute atomic E-state index is 10.9. The van der Waals surface area contributed by atoms with Gasteiger partial charge in [0.25, 0.3) is 5.69 Å². The Bertz CT molecular complexity index is 1620. The SMILES string of the molecule is Nc1ccc(C#Cc2c3ccccc3c(C#Cc3ccc([N+](=O)[O-])cc3)c3ccccc23)cc1. The number of fused-ring (bicyclic) bond motifs is 2. The van der Waals surface area contributed by atoms with Crippen molar-refractivity contribution in [1.29, 1.82) is 0 Å². The van der Waals surface area contributed by atoms with Gasteiger partial charge < -0.3 is 5.73 Å². The maximum atomic E-state index is 10.9. The number of non-ortho nitro benzene ring substituents is 1. The van der Waals surface area contributed by atoms with Crippen LogP contribution in [-0.4, -0.2) is 4.92 Å². The molecular weight excluding hydrogens is 420 g/mol. The van der Waals surface area contributed by atoms with Crippen molar-refractivity contribution in [1.82, 2.24) is 0 Å². The summed E-state index contributed by atoms with van der Waals surface area (Å²) >= 11 is 0. The molecular formula is C30H18N2O2. The average Bonchev–Trinajstić information content (AvgIpc) is 2.87. The van der Waals surface area contributed by atoms with Crippen molar-refractivity contribution >= 4 is 32.9 Å². The Morgan fingerprint density at radius 1 is 0.559 bits per heavy atom. The van der Waals surface area contributed by atoms with E-state index in [4.69, 9.17) is 5.73 Å². The second-order valence-corrected chi connectivity index (χ2v) is 7.77. The zero-order valence-corrected chi connectivity index (χ0v) is 18.1. The van der Waals surface area contributed by atoms with Gasteiger partial charge in [-0.05, 0) is 57.9 Å². The number of nitrogen functional groups attached to an aromatic ring is 1. The molecule has 0 atom stereocenters. The third kappa shape index (κ3) is 4.05. The van der Waals surface area contributed by atoms with Gasteiger partial charge in [-0.1, -0.05) is 72.2 Å². The lowest BCUT2D eigenvalue weighted by atomic mass is 9.92. The molecule has 0 saturated heterocycles. The molecule has 160 valence electrons. The third-order valence-corrected chi connectivity index (χ3v) is 5.58. The summed E-state index contributed by atoms with van der Waals surface area (Å²) in [7, 11) is 0. The summed E-state index contributed by atoms with van der Waals surface area (Å²) in [5.41, 5.74) is 10.0. The Morgan fingerprint density at radius 2 is 0.941 bits per heavy atom. The van der Waals surface area contributed by atoms with Crippen LogP contribution < -0.4 is 5.73 Å². The summed E-state index contributed by atoms with van der Waals surface area (Å²) in [6.07, 6.45) is 0. The highest BCUT2D eigenvalue weighted by atomic mass is 16.6. The van der Waals surface area contributed by atoms with E-state index in [1.165, 1.54) is 12.1 Å². The van der Waals surface area contributed by atoms with Crippen LogP contribution in [0.4, 0.5) is 11.4 Å². The summed E-state index contributed by atoms with van der Waals surface area (Å²) < 4.78 is 0. The van der Waals surface area contributed by atoms with E-state index in [1.807, 2.05) is 48.5 Å². The van der Waals surface area contributed by atoms with Gasteiger partial charge in [0.1, 0.15) is 0 Å². The highest BCUT2D eigenvalue weighted by molar-refractivity contribution is 6.09. The van der Waals surface area contributed by atoms with Gasteiger partial charge in [0.05, 0.1) is 4.92 Å². The number of rotatable bonds is 1. The minimum Gasteiger partial charge on any atom is -0.399 e.